The summed E-state index contributed by atoms with van der Waals surface area (Å²) in [6, 6.07) is 7.02. The van der Waals surface area contributed by atoms with Crippen molar-refractivity contribution in [2.24, 2.45) is 11.5 Å². The van der Waals surface area contributed by atoms with Gasteiger partial charge in [0.1, 0.15) is 24.5 Å². The van der Waals surface area contributed by atoms with Crippen molar-refractivity contribution in [3.05, 3.63) is 29.8 Å². The number of hydrogen-bond donors (Lipinski definition) is 10. The normalized spacial score (nSPS) is 30.0. The number of carbonyl (C=O) groups excluding carboxylic acids is 1. The topological polar surface area (TPSA) is 202 Å². The molecule has 0 spiro atoms. The van der Waals surface area contributed by atoms with E-state index in [2.05, 4.69) is 47.4 Å². The first-order valence-electron chi connectivity index (χ1n) is 13.2. The predicted molar refractivity (Wildman–Crippen MR) is 145 cm³/mol. The van der Waals surface area contributed by atoms with Crippen LogP contribution in [-0.4, -0.2) is 109 Å². The van der Waals surface area contributed by atoms with Gasteiger partial charge in [0.15, 0.2) is 0 Å². The van der Waals surface area contributed by atoms with Gasteiger partial charge in [0, 0.05) is 38.5 Å². The fourth-order valence-corrected chi connectivity index (χ4v) is 4.57. The van der Waals surface area contributed by atoms with Crippen LogP contribution in [-0.2, 0) is 10.2 Å². The second kappa shape index (κ2) is 13.9. The minimum absolute atomic E-state index is 0.0440. The molecule has 2 amide bonds. The number of nitrogens with zero attached hydrogens (tertiary/aromatic N) is 1. The second-order valence-electron chi connectivity index (χ2n) is 11.0. The van der Waals surface area contributed by atoms with Crippen molar-refractivity contribution in [1.82, 2.24) is 26.2 Å². The zero-order valence-electron chi connectivity index (χ0n) is 22.6. The standard InChI is InChI=1S/C25H46N8O5/c1-25(2,3)15-5-7-16(8-6-15)31-24(37)28-9-4-10-33(11-12-34)13-17-19(35)20(36)23(38-17)32-22-18(26)21(27)29-14-30-22/h5-8,17-23,29-30,32,34-36H,4,9-14,26-27H2,1-3H3,(H2,28,31,37)/t17-,18?,19-,20-,21?,22?,23-/m1/s1. The van der Waals surface area contributed by atoms with E-state index in [1.807, 2.05) is 29.2 Å². The Balaban J connectivity index is 1.41. The molecule has 216 valence electrons. The molecule has 0 aromatic heterocycles. The van der Waals surface area contributed by atoms with Crippen molar-refractivity contribution in [2.75, 3.05) is 44.8 Å². The third kappa shape index (κ3) is 8.55. The third-order valence-electron chi connectivity index (χ3n) is 6.97. The van der Waals surface area contributed by atoms with Gasteiger partial charge >= 0.3 is 6.03 Å². The van der Waals surface area contributed by atoms with E-state index in [9.17, 15) is 20.1 Å². The number of benzene rings is 1. The number of urea groups is 1. The minimum Gasteiger partial charge on any atom is -0.395 e. The molecular weight excluding hydrogens is 492 g/mol. The van der Waals surface area contributed by atoms with Crippen LogP contribution < -0.4 is 38.1 Å². The highest BCUT2D eigenvalue weighted by Crippen LogP contribution is 2.24. The summed E-state index contributed by atoms with van der Waals surface area (Å²) in [6.07, 6.45) is -3.98. The summed E-state index contributed by atoms with van der Waals surface area (Å²) in [6.45, 7) is 8.43. The Kier molecular flexibility index (Phi) is 11.2. The lowest BCUT2D eigenvalue weighted by atomic mass is 9.87. The molecule has 0 radical (unpaired) electrons. The first-order valence-corrected chi connectivity index (χ1v) is 13.2. The molecular formula is C25H46N8O5. The Bertz CT molecular complexity index is 870. The Morgan fingerprint density at radius 3 is 2.50 bits per heavy atom. The van der Waals surface area contributed by atoms with E-state index in [4.69, 9.17) is 16.2 Å². The summed E-state index contributed by atoms with van der Waals surface area (Å²) in [4.78, 5) is 14.2. The van der Waals surface area contributed by atoms with E-state index >= 15 is 0 Å². The number of nitrogens with one attached hydrogen (secondary N) is 5. The van der Waals surface area contributed by atoms with Crippen LogP contribution in [0.15, 0.2) is 24.3 Å². The number of amides is 2. The van der Waals surface area contributed by atoms with Crippen LogP contribution in [0.1, 0.15) is 32.8 Å². The summed E-state index contributed by atoms with van der Waals surface area (Å²) in [5.41, 5.74) is 14.0. The molecule has 12 N–H and O–H groups in total. The van der Waals surface area contributed by atoms with Gasteiger partial charge in [-0.1, -0.05) is 32.9 Å². The number of aliphatic hydroxyl groups is 3. The van der Waals surface area contributed by atoms with Crippen molar-refractivity contribution in [3.8, 4) is 0 Å². The van der Waals surface area contributed by atoms with Gasteiger partial charge in [-0.2, -0.15) is 0 Å². The summed E-state index contributed by atoms with van der Waals surface area (Å²) in [5, 5.41) is 45.5. The molecule has 13 nitrogen and oxygen atoms in total. The lowest BCUT2D eigenvalue weighted by Crippen LogP contribution is -2.72. The van der Waals surface area contributed by atoms with Crippen molar-refractivity contribution in [2.45, 2.75) is 75.5 Å². The molecule has 1 aromatic carbocycles. The molecule has 2 aliphatic heterocycles. The molecule has 0 bridgehead atoms. The predicted octanol–water partition coefficient (Wildman–Crippen LogP) is -2.09. The molecule has 7 atom stereocenters. The van der Waals surface area contributed by atoms with Crippen LogP contribution in [0, 0.1) is 0 Å². The van der Waals surface area contributed by atoms with E-state index < -0.39 is 42.9 Å². The molecule has 2 fully saturated rings. The van der Waals surface area contributed by atoms with E-state index in [1.54, 1.807) is 0 Å². The van der Waals surface area contributed by atoms with Gasteiger partial charge < -0.3 is 42.2 Å². The maximum Gasteiger partial charge on any atom is 0.319 e. The van der Waals surface area contributed by atoms with E-state index in [1.165, 1.54) is 5.56 Å². The summed E-state index contributed by atoms with van der Waals surface area (Å²) in [5.74, 6) is 0. The summed E-state index contributed by atoms with van der Waals surface area (Å²) in [7, 11) is 0. The molecule has 2 aliphatic rings. The molecule has 13 heteroatoms. The Morgan fingerprint density at radius 2 is 1.84 bits per heavy atom. The van der Waals surface area contributed by atoms with Crippen LogP contribution in [0.25, 0.3) is 0 Å². The van der Waals surface area contributed by atoms with Crippen LogP contribution in [0.3, 0.4) is 0 Å². The Morgan fingerprint density at radius 1 is 1.13 bits per heavy atom. The van der Waals surface area contributed by atoms with Gasteiger partial charge in [-0.25, -0.2) is 4.79 Å². The molecule has 2 heterocycles. The molecule has 3 unspecified atom stereocenters. The van der Waals surface area contributed by atoms with E-state index in [0.717, 1.165) is 0 Å². The van der Waals surface area contributed by atoms with Crippen LogP contribution in [0.4, 0.5) is 10.5 Å². The molecule has 0 aliphatic carbocycles. The number of rotatable bonds is 11. The Hall–Kier alpha value is -1.91. The van der Waals surface area contributed by atoms with Crippen molar-refractivity contribution < 1.29 is 24.9 Å². The third-order valence-corrected chi connectivity index (χ3v) is 6.97. The van der Waals surface area contributed by atoms with Gasteiger partial charge in [-0.05, 0) is 29.5 Å². The molecule has 1 aromatic rings. The van der Waals surface area contributed by atoms with Crippen LogP contribution in [0.5, 0.6) is 0 Å². The van der Waals surface area contributed by atoms with Gasteiger partial charge in [-0.3, -0.25) is 20.9 Å². The van der Waals surface area contributed by atoms with E-state index in [-0.39, 0.29) is 18.1 Å². The van der Waals surface area contributed by atoms with Gasteiger partial charge in [0.2, 0.25) is 0 Å². The van der Waals surface area contributed by atoms with Crippen molar-refractivity contribution >= 4 is 11.7 Å². The molecule has 3 rings (SSSR count). The smallest absolute Gasteiger partial charge is 0.319 e. The van der Waals surface area contributed by atoms with Gasteiger partial charge in [0.25, 0.3) is 0 Å². The first-order chi connectivity index (χ1) is 18.0. The highest BCUT2D eigenvalue weighted by atomic mass is 16.6. The van der Waals surface area contributed by atoms with Crippen molar-refractivity contribution in [1.29, 1.82) is 0 Å². The highest BCUT2D eigenvalue weighted by Gasteiger charge is 2.45. The summed E-state index contributed by atoms with van der Waals surface area (Å²) >= 11 is 0. The molecule has 38 heavy (non-hydrogen) atoms. The quantitative estimate of drug-likeness (QED) is 0.138. The maximum absolute atomic E-state index is 12.3. The average Bonchev–Trinajstić information content (AvgIpc) is 3.12. The molecule has 2 saturated heterocycles. The number of anilines is 1. The summed E-state index contributed by atoms with van der Waals surface area (Å²) < 4.78 is 5.92. The second-order valence-corrected chi connectivity index (χ2v) is 11.0. The fourth-order valence-electron chi connectivity index (χ4n) is 4.57. The zero-order chi connectivity index (χ0) is 27.9. The number of aliphatic hydroxyl groups excluding tert-OH is 3. The van der Waals surface area contributed by atoms with Crippen molar-refractivity contribution in [3.63, 3.8) is 0 Å². The lowest BCUT2D eigenvalue weighted by Gasteiger charge is -2.37. The Labute approximate surface area is 224 Å². The SMILES string of the molecule is CC(C)(C)c1ccc(NC(=O)NCCCN(CCO)C[C@H]2O[C@@H](NC3NCNC(N)C3N)[C@H](O)[C@@H]2O)cc1. The fraction of sp³-hybridized carbons (Fsp3) is 0.720. The van der Waals surface area contributed by atoms with Crippen LogP contribution >= 0.6 is 0 Å². The zero-order valence-corrected chi connectivity index (χ0v) is 22.6. The number of hydrogen-bond acceptors (Lipinski definition) is 11. The minimum atomic E-state index is -1.15. The monoisotopic (exact) mass is 538 g/mol. The maximum atomic E-state index is 12.3. The average molecular weight is 539 g/mol. The lowest BCUT2D eigenvalue weighted by molar-refractivity contribution is -0.0363. The largest absolute Gasteiger partial charge is 0.395 e. The van der Waals surface area contributed by atoms with Crippen LogP contribution in [0.2, 0.25) is 0 Å². The highest BCUT2D eigenvalue weighted by molar-refractivity contribution is 5.89. The first kappa shape index (κ1) is 30.6. The number of carbonyl (C=O) groups is 1. The molecule has 0 saturated carbocycles. The number of nitrogens with two attached hydrogens (primary N) is 2. The van der Waals surface area contributed by atoms with Gasteiger partial charge in [0.05, 0.1) is 25.0 Å². The van der Waals surface area contributed by atoms with Gasteiger partial charge in [-0.15, -0.1) is 0 Å². The van der Waals surface area contributed by atoms with E-state index in [0.29, 0.717) is 45.0 Å². The number of ether oxygens (including phenoxy) is 1.